The number of hydrogen-bond acceptors (Lipinski definition) is 5. The van der Waals surface area contributed by atoms with Gasteiger partial charge in [0, 0.05) is 16.5 Å². The van der Waals surface area contributed by atoms with E-state index in [1.165, 1.54) is 0 Å². The Morgan fingerprint density at radius 1 is 1.39 bits per heavy atom. The van der Waals surface area contributed by atoms with E-state index in [0.29, 0.717) is 33.4 Å². The Morgan fingerprint density at radius 3 is 2.61 bits per heavy atom. The Bertz CT molecular complexity index is 972. The maximum atomic E-state index is 13.0. The zero-order valence-electron chi connectivity index (χ0n) is 16.0. The number of nitrogens with zero attached hydrogens (tertiary/aromatic N) is 2. The van der Waals surface area contributed by atoms with Crippen LogP contribution >= 0.6 is 35.6 Å². The SMILES string of the molecule is CCc1noc(-c2ccc(Cl)cc2)c1[C@@]1(C(=O)O)N2C(=S)[C@@H](C)[C@H]2SC1(C)C. The van der Waals surface area contributed by atoms with E-state index < -0.39 is 16.3 Å². The van der Waals surface area contributed by atoms with Crippen molar-refractivity contribution in [2.24, 2.45) is 5.92 Å². The van der Waals surface area contributed by atoms with Crippen molar-refractivity contribution in [3.63, 3.8) is 0 Å². The minimum absolute atomic E-state index is 0.0243. The van der Waals surface area contributed by atoms with Crippen molar-refractivity contribution in [3.05, 3.63) is 40.5 Å². The van der Waals surface area contributed by atoms with Gasteiger partial charge in [-0.25, -0.2) is 4.79 Å². The van der Waals surface area contributed by atoms with Crippen molar-refractivity contribution < 1.29 is 14.4 Å². The molecule has 0 unspecified atom stereocenters. The van der Waals surface area contributed by atoms with Gasteiger partial charge in [-0.15, -0.1) is 11.8 Å². The second-order valence-corrected chi connectivity index (χ2v) is 10.3. The molecule has 3 atom stereocenters. The predicted molar refractivity (Wildman–Crippen MR) is 115 cm³/mol. The fourth-order valence-corrected chi connectivity index (χ4v) is 6.85. The Hall–Kier alpha value is -1.57. The van der Waals surface area contributed by atoms with Crippen molar-refractivity contribution in [2.45, 2.75) is 49.8 Å². The third-order valence-corrected chi connectivity index (χ3v) is 8.40. The van der Waals surface area contributed by atoms with Gasteiger partial charge in [0.05, 0.1) is 26.4 Å². The van der Waals surface area contributed by atoms with E-state index in [0.717, 1.165) is 5.56 Å². The number of carboxylic acids is 1. The molecule has 2 saturated heterocycles. The van der Waals surface area contributed by atoms with E-state index in [1.807, 2.05) is 37.8 Å². The first kappa shape index (κ1) is 19.7. The monoisotopic (exact) mass is 436 g/mol. The normalized spacial score (nSPS) is 28.2. The molecule has 0 bridgehead atoms. The number of thiocarbonyl (C=S) groups is 1. The number of carboxylic acid groups (broad SMARTS) is 1. The molecule has 28 heavy (non-hydrogen) atoms. The summed E-state index contributed by atoms with van der Waals surface area (Å²) < 4.78 is 5.08. The number of aromatic nitrogens is 1. The lowest BCUT2D eigenvalue weighted by atomic mass is 9.73. The van der Waals surface area contributed by atoms with Gasteiger partial charge in [0.15, 0.2) is 11.3 Å². The van der Waals surface area contributed by atoms with Gasteiger partial charge in [-0.2, -0.15) is 0 Å². The molecule has 5 nitrogen and oxygen atoms in total. The maximum absolute atomic E-state index is 13.0. The minimum Gasteiger partial charge on any atom is -0.479 e. The molecule has 0 spiro atoms. The van der Waals surface area contributed by atoms with Gasteiger partial charge in [0.2, 0.25) is 0 Å². The molecule has 1 aromatic heterocycles. The van der Waals surface area contributed by atoms with E-state index >= 15 is 0 Å². The Labute approximate surface area is 178 Å². The van der Waals surface area contributed by atoms with Crippen LogP contribution < -0.4 is 0 Å². The summed E-state index contributed by atoms with van der Waals surface area (Å²) in [7, 11) is 0. The fourth-order valence-electron chi connectivity index (χ4n) is 4.42. The van der Waals surface area contributed by atoms with Gasteiger partial charge in [-0.3, -0.25) is 0 Å². The molecule has 2 aliphatic rings. The van der Waals surface area contributed by atoms with E-state index in [2.05, 4.69) is 12.1 Å². The number of rotatable bonds is 4. The number of thioether (sulfide) groups is 1. The van der Waals surface area contributed by atoms with Crippen LogP contribution in [0.1, 0.15) is 39.0 Å². The number of halogens is 1. The molecule has 0 radical (unpaired) electrons. The lowest BCUT2D eigenvalue weighted by Crippen LogP contribution is -2.67. The quantitative estimate of drug-likeness (QED) is 0.678. The zero-order valence-corrected chi connectivity index (χ0v) is 18.4. The molecule has 8 heteroatoms. The third-order valence-electron chi connectivity index (χ3n) is 5.83. The summed E-state index contributed by atoms with van der Waals surface area (Å²) in [5.74, 6) is -0.313. The molecule has 0 aliphatic carbocycles. The molecule has 0 amide bonds. The van der Waals surface area contributed by atoms with E-state index in [9.17, 15) is 9.90 Å². The number of aliphatic carboxylic acids is 1. The van der Waals surface area contributed by atoms with E-state index in [4.69, 9.17) is 28.3 Å². The molecule has 1 N–H and O–H groups in total. The predicted octanol–water partition coefficient (Wildman–Crippen LogP) is 4.97. The van der Waals surface area contributed by atoms with Gasteiger partial charge < -0.3 is 14.5 Å². The molecule has 1 aromatic carbocycles. The summed E-state index contributed by atoms with van der Waals surface area (Å²) in [5.41, 5.74) is 0.630. The van der Waals surface area contributed by atoms with Crippen molar-refractivity contribution in [1.29, 1.82) is 0 Å². The summed E-state index contributed by atoms with van der Waals surface area (Å²) >= 11 is 13.3. The standard InChI is InChI=1S/C20H21ClN2O3S2/c1-5-13-14(15(26-22-13)11-6-8-12(21)9-7-11)20(18(24)25)19(3,4)28-17-10(2)16(27)23(17)20/h6-10,17H,5H2,1-4H3,(H,24,25)/t10-,17-,20+/m1/s1. The van der Waals surface area contributed by atoms with Gasteiger partial charge >= 0.3 is 5.97 Å². The van der Waals surface area contributed by atoms with E-state index in [1.54, 1.807) is 23.9 Å². The molecular formula is C20H21ClN2O3S2. The van der Waals surface area contributed by atoms with E-state index in [-0.39, 0.29) is 11.3 Å². The van der Waals surface area contributed by atoms with Gasteiger partial charge in [0.25, 0.3) is 0 Å². The molecule has 148 valence electrons. The van der Waals surface area contributed by atoms with Gasteiger partial charge in [0.1, 0.15) is 0 Å². The van der Waals surface area contributed by atoms with Crippen LogP contribution in [-0.2, 0) is 16.8 Å². The van der Waals surface area contributed by atoms with Crippen LogP contribution in [-0.4, -0.2) is 36.2 Å². The van der Waals surface area contributed by atoms with Crippen LogP contribution in [0.2, 0.25) is 5.02 Å². The molecule has 2 fully saturated rings. The summed E-state index contributed by atoms with van der Waals surface area (Å²) in [5, 5.41) is 15.5. The van der Waals surface area contributed by atoms with Crippen molar-refractivity contribution in [3.8, 4) is 11.3 Å². The van der Waals surface area contributed by atoms with Crippen molar-refractivity contribution in [2.75, 3.05) is 0 Å². The summed E-state index contributed by atoms with van der Waals surface area (Å²) in [6, 6.07) is 7.17. The molecule has 0 saturated carbocycles. The highest BCUT2D eigenvalue weighted by molar-refractivity contribution is 8.01. The number of aryl methyl sites for hydroxylation is 1. The number of carbonyl (C=O) groups is 1. The van der Waals surface area contributed by atoms with Gasteiger partial charge in [-0.1, -0.05) is 42.8 Å². The molecule has 2 aliphatic heterocycles. The summed E-state index contributed by atoms with van der Waals surface area (Å²) in [6.45, 7) is 7.94. The first-order valence-corrected chi connectivity index (χ1v) is 10.8. The second kappa shape index (κ2) is 6.47. The fraction of sp³-hybridized carbons (Fsp3) is 0.450. The highest BCUT2D eigenvalue weighted by Gasteiger charge is 2.72. The number of fused-ring (bicyclic) bond motifs is 1. The zero-order chi connectivity index (χ0) is 20.4. The Morgan fingerprint density at radius 2 is 2.04 bits per heavy atom. The summed E-state index contributed by atoms with van der Waals surface area (Å²) in [6.07, 6.45) is 0.559. The smallest absolute Gasteiger partial charge is 0.336 e. The lowest BCUT2D eigenvalue weighted by Gasteiger charge is -2.51. The van der Waals surface area contributed by atoms with Gasteiger partial charge in [-0.05, 0) is 44.5 Å². The van der Waals surface area contributed by atoms with Crippen molar-refractivity contribution >= 4 is 46.5 Å². The number of benzene rings is 1. The first-order chi connectivity index (χ1) is 13.2. The topological polar surface area (TPSA) is 66.6 Å². The van der Waals surface area contributed by atoms with Crippen molar-refractivity contribution in [1.82, 2.24) is 10.1 Å². The third kappa shape index (κ3) is 2.36. The van der Waals surface area contributed by atoms with Crippen LogP contribution in [0.5, 0.6) is 0 Å². The van der Waals surface area contributed by atoms with Crippen LogP contribution in [0.3, 0.4) is 0 Å². The van der Waals surface area contributed by atoms with Crippen LogP contribution in [0.4, 0.5) is 0 Å². The van der Waals surface area contributed by atoms with Crippen LogP contribution in [0.25, 0.3) is 11.3 Å². The first-order valence-electron chi connectivity index (χ1n) is 9.16. The largest absolute Gasteiger partial charge is 0.479 e. The Balaban J connectivity index is 2.02. The number of hydrogen-bond donors (Lipinski definition) is 1. The van der Waals surface area contributed by atoms with Crippen LogP contribution in [0, 0.1) is 5.92 Å². The average Bonchev–Trinajstić information content (AvgIpc) is 3.17. The Kier molecular flexibility index (Phi) is 4.56. The summed E-state index contributed by atoms with van der Waals surface area (Å²) in [4.78, 5) is 15.6. The second-order valence-electron chi connectivity index (χ2n) is 7.73. The molecule has 2 aromatic rings. The van der Waals surface area contributed by atoms with Crippen LogP contribution in [0.15, 0.2) is 28.8 Å². The lowest BCUT2D eigenvalue weighted by molar-refractivity contribution is -0.152. The minimum atomic E-state index is -1.35. The molecular weight excluding hydrogens is 416 g/mol. The highest BCUT2D eigenvalue weighted by Crippen LogP contribution is 2.64. The maximum Gasteiger partial charge on any atom is 0.336 e. The molecule has 3 heterocycles. The molecule has 4 rings (SSSR count). The average molecular weight is 437 g/mol. The highest BCUT2D eigenvalue weighted by atomic mass is 35.5.